The number of rotatable bonds is 2. The van der Waals surface area contributed by atoms with Crippen molar-refractivity contribution in [2.45, 2.75) is 0 Å². The zero-order chi connectivity index (χ0) is 15.9. The van der Waals surface area contributed by atoms with Gasteiger partial charge in [-0.1, -0.05) is 0 Å². The van der Waals surface area contributed by atoms with E-state index in [1.54, 1.807) is 54.3 Å². The highest BCUT2D eigenvalue weighted by molar-refractivity contribution is 6.02. The molecule has 0 radical (unpaired) electrons. The van der Waals surface area contributed by atoms with Crippen LogP contribution in [0, 0.1) is 0 Å². The van der Waals surface area contributed by atoms with Crippen LogP contribution in [0.15, 0.2) is 42.7 Å². The number of amides is 1. The molecule has 7 heteroatoms. The molecule has 1 amide bonds. The fraction of sp³-hybridized carbons (Fsp3) is 0.0667. The molecule has 3 aromatic rings. The van der Waals surface area contributed by atoms with Gasteiger partial charge in [-0.3, -0.25) is 14.7 Å². The number of benzene rings is 1. The number of nitrogens with one attached hydrogen (secondary N) is 1. The monoisotopic (exact) mass is 298 g/mol. The third kappa shape index (κ3) is 2.28. The third-order valence-electron chi connectivity index (χ3n) is 3.41. The molecule has 0 aliphatic rings. The highest BCUT2D eigenvalue weighted by atomic mass is 16.4. The SMILES string of the molecule is Cn1cc(N)cc1C(=O)n1ccc2cc(NC(=O)O)ccc21. The number of carbonyl (C=O) groups excluding carboxylic acids is 1. The van der Waals surface area contributed by atoms with Crippen LogP contribution in [0.25, 0.3) is 10.9 Å². The maximum absolute atomic E-state index is 12.6. The molecule has 0 atom stereocenters. The second-order valence-corrected chi connectivity index (χ2v) is 4.96. The van der Waals surface area contributed by atoms with Crippen molar-refractivity contribution in [1.29, 1.82) is 0 Å². The summed E-state index contributed by atoms with van der Waals surface area (Å²) in [5.74, 6) is -0.201. The van der Waals surface area contributed by atoms with E-state index >= 15 is 0 Å². The van der Waals surface area contributed by atoms with E-state index in [9.17, 15) is 9.59 Å². The molecule has 2 aromatic heterocycles. The van der Waals surface area contributed by atoms with Gasteiger partial charge in [0.2, 0.25) is 0 Å². The largest absolute Gasteiger partial charge is 0.465 e. The molecule has 4 N–H and O–H groups in total. The van der Waals surface area contributed by atoms with Gasteiger partial charge in [-0.15, -0.1) is 0 Å². The molecule has 0 saturated carbocycles. The van der Waals surface area contributed by atoms with Gasteiger partial charge in [-0.25, -0.2) is 4.79 Å². The summed E-state index contributed by atoms with van der Waals surface area (Å²) in [6.07, 6.45) is 2.20. The first-order valence-corrected chi connectivity index (χ1v) is 6.53. The topological polar surface area (TPSA) is 102 Å². The fourth-order valence-electron chi connectivity index (χ4n) is 2.45. The van der Waals surface area contributed by atoms with Crippen LogP contribution in [0.5, 0.6) is 0 Å². The third-order valence-corrected chi connectivity index (χ3v) is 3.41. The minimum atomic E-state index is -1.13. The quantitative estimate of drug-likeness (QED) is 0.675. The molecule has 0 aliphatic carbocycles. The first-order chi connectivity index (χ1) is 10.5. The molecule has 1 aromatic carbocycles. The predicted molar refractivity (Wildman–Crippen MR) is 83.1 cm³/mol. The Hall–Kier alpha value is -3.22. The van der Waals surface area contributed by atoms with Gasteiger partial charge in [0.25, 0.3) is 5.91 Å². The number of carbonyl (C=O) groups is 2. The predicted octanol–water partition coefficient (Wildman–Crippen LogP) is 2.34. The summed E-state index contributed by atoms with van der Waals surface area (Å²) >= 11 is 0. The summed E-state index contributed by atoms with van der Waals surface area (Å²) in [7, 11) is 1.75. The molecular weight excluding hydrogens is 284 g/mol. The number of nitrogens with zero attached hydrogens (tertiary/aromatic N) is 2. The Balaban J connectivity index is 2.03. The van der Waals surface area contributed by atoms with E-state index in [0.29, 0.717) is 22.6 Å². The van der Waals surface area contributed by atoms with Gasteiger partial charge in [0.15, 0.2) is 0 Å². The standard InChI is InChI=1S/C15H14N4O3/c1-18-8-10(16)7-13(18)14(20)19-5-4-9-6-11(17-15(21)22)2-3-12(9)19/h2-8,17H,16H2,1H3,(H,21,22). The number of hydrogen-bond donors (Lipinski definition) is 3. The number of aromatic nitrogens is 2. The zero-order valence-electron chi connectivity index (χ0n) is 11.8. The first-order valence-electron chi connectivity index (χ1n) is 6.53. The van der Waals surface area contributed by atoms with Crippen molar-refractivity contribution in [3.63, 3.8) is 0 Å². The molecule has 112 valence electrons. The van der Waals surface area contributed by atoms with Crippen LogP contribution >= 0.6 is 0 Å². The summed E-state index contributed by atoms with van der Waals surface area (Å²) in [6.45, 7) is 0. The number of nitrogens with two attached hydrogens (primary N) is 1. The molecule has 0 unspecified atom stereocenters. The summed E-state index contributed by atoms with van der Waals surface area (Å²) in [5, 5.41) is 11.8. The van der Waals surface area contributed by atoms with Crippen molar-refractivity contribution < 1.29 is 14.7 Å². The van der Waals surface area contributed by atoms with Gasteiger partial charge >= 0.3 is 6.09 Å². The molecule has 7 nitrogen and oxygen atoms in total. The van der Waals surface area contributed by atoms with Gasteiger partial charge in [0, 0.05) is 30.5 Å². The number of aryl methyl sites for hydroxylation is 1. The van der Waals surface area contributed by atoms with Crippen molar-refractivity contribution in [3.8, 4) is 0 Å². The van der Waals surface area contributed by atoms with Crippen LogP contribution in [0.3, 0.4) is 0 Å². The number of fused-ring (bicyclic) bond motifs is 1. The second-order valence-electron chi connectivity index (χ2n) is 4.96. The Morgan fingerprint density at radius 2 is 2.00 bits per heavy atom. The van der Waals surface area contributed by atoms with Crippen molar-refractivity contribution in [3.05, 3.63) is 48.4 Å². The van der Waals surface area contributed by atoms with Crippen LogP contribution in [-0.4, -0.2) is 26.2 Å². The first kappa shape index (κ1) is 13.7. The van der Waals surface area contributed by atoms with Gasteiger partial charge in [-0.2, -0.15) is 0 Å². The van der Waals surface area contributed by atoms with Crippen LogP contribution in [0.4, 0.5) is 16.2 Å². The van der Waals surface area contributed by atoms with Crippen LogP contribution in [0.2, 0.25) is 0 Å². The van der Waals surface area contributed by atoms with Crippen LogP contribution < -0.4 is 11.1 Å². The lowest BCUT2D eigenvalue weighted by Crippen LogP contribution is -2.14. The second kappa shape index (κ2) is 4.96. The van der Waals surface area contributed by atoms with E-state index in [2.05, 4.69) is 5.32 Å². The van der Waals surface area contributed by atoms with E-state index in [-0.39, 0.29) is 5.91 Å². The lowest BCUT2D eigenvalue weighted by molar-refractivity contribution is 0.0957. The Labute approximate surface area is 125 Å². The number of nitrogen functional groups attached to an aromatic ring is 1. The molecule has 0 spiro atoms. The maximum Gasteiger partial charge on any atom is 0.409 e. The van der Waals surface area contributed by atoms with Gasteiger partial charge in [0.1, 0.15) is 5.69 Å². The zero-order valence-corrected chi connectivity index (χ0v) is 11.8. The lowest BCUT2D eigenvalue weighted by Gasteiger charge is -2.06. The number of hydrogen-bond acceptors (Lipinski definition) is 3. The molecule has 0 saturated heterocycles. The van der Waals surface area contributed by atoms with E-state index in [1.165, 1.54) is 4.57 Å². The molecule has 0 aliphatic heterocycles. The Morgan fingerprint density at radius 3 is 2.64 bits per heavy atom. The molecule has 0 fully saturated rings. The van der Waals surface area contributed by atoms with Crippen molar-refractivity contribution in [2.75, 3.05) is 11.1 Å². The minimum absolute atomic E-state index is 0.201. The molecule has 0 bridgehead atoms. The fourth-order valence-corrected chi connectivity index (χ4v) is 2.45. The van der Waals surface area contributed by atoms with E-state index < -0.39 is 6.09 Å². The average molecular weight is 298 g/mol. The van der Waals surface area contributed by atoms with Gasteiger partial charge < -0.3 is 15.4 Å². The van der Waals surface area contributed by atoms with Gasteiger partial charge in [-0.05, 0) is 30.3 Å². The highest BCUT2D eigenvalue weighted by Crippen LogP contribution is 2.22. The summed E-state index contributed by atoms with van der Waals surface area (Å²) in [5.41, 5.74) is 7.85. The lowest BCUT2D eigenvalue weighted by atomic mass is 10.2. The van der Waals surface area contributed by atoms with Gasteiger partial charge in [0.05, 0.1) is 11.2 Å². The smallest absolute Gasteiger partial charge is 0.409 e. The Kier molecular flexibility index (Phi) is 3.10. The minimum Gasteiger partial charge on any atom is -0.465 e. The average Bonchev–Trinajstić information content (AvgIpc) is 3.00. The highest BCUT2D eigenvalue weighted by Gasteiger charge is 2.15. The molecular formula is C15H14N4O3. The van der Waals surface area contributed by atoms with Crippen molar-refractivity contribution in [1.82, 2.24) is 9.13 Å². The Morgan fingerprint density at radius 1 is 1.23 bits per heavy atom. The van der Waals surface area contributed by atoms with Crippen LogP contribution in [-0.2, 0) is 7.05 Å². The summed E-state index contributed by atoms with van der Waals surface area (Å²) < 4.78 is 3.18. The summed E-state index contributed by atoms with van der Waals surface area (Å²) in [6, 6.07) is 8.36. The molecule has 3 rings (SSSR count). The number of carboxylic acid groups (broad SMARTS) is 1. The number of anilines is 2. The Bertz CT molecular complexity index is 891. The van der Waals surface area contributed by atoms with E-state index in [0.717, 1.165) is 5.39 Å². The normalized spacial score (nSPS) is 10.8. The molecule has 2 heterocycles. The molecule has 22 heavy (non-hydrogen) atoms. The van der Waals surface area contributed by atoms with Crippen molar-refractivity contribution >= 4 is 34.3 Å². The summed E-state index contributed by atoms with van der Waals surface area (Å²) in [4.78, 5) is 23.3. The van der Waals surface area contributed by atoms with E-state index in [1.807, 2.05) is 0 Å². The van der Waals surface area contributed by atoms with Crippen LogP contribution in [0.1, 0.15) is 10.5 Å². The maximum atomic E-state index is 12.6. The van der Waals surface area contributed by atoms with Crippen molar-refractivity contribution in [2.24, 2.45) is 7.05 Å². The van der Waals surface area contributed by atoms with E-state index in [4.69, 9.17) is 10.8 Å².